The van der Waals surface area contributed by atoms with Crippen molar-refractivity contribution in [3.05, 3.63) is 60.1 Å². The van der Waals surface area contributed by atoms with Gasteiger partial charge >= 0.3 is 0 Å². The standard InChI is InChI=1S/C30H44N4O3/c1-23(31-2)29(35)32-28(25-13-7-4-8-14-25)30(36)34-18-9-15-26(34)21-33(22-27-16-10-20-37-27)19-17-24-11-5-3-6-12-24/h3,5-6,10-12,16,20,23,25-26,28,31H,4,7-9,13-15,17-19,21-22H2,1-2H3,(H,32,35)/t23-,26-,28-/m0/s1. The van der Waals surface area contributed by atoms with Crippen molar-refractivity contribution in [3.8, 4) is 0 Å². The summed E-state index contributed by atoms with van der Waals surface area (Å²) in [6.45, 7) is 5.02. The molecule has 0 bridgehead atoms. The first kappa shape index (κ1) is 27.4. The van der Waals surface area contributed by atoms with Crippen LogP contribution in [0.3, 0.4) is 0 Å². The molecule has 37 heavy (non-hydrogen) atoms. The van der Waals surface area contributed by atoms with Crippen LogP contribution in [0.5, 0.6) is 0 Å². The summed E-state index contributed by atoms with van der Waals surface area (Å²) in [6.07, 6.45) is 10.2. The maximum absolute atomic E-state index is 14.0. The minimum absolute atomic E-state index is 0.0931. The summed E-state index contributed by atoms with van der Waals surface area (Å²) in [7, 11) is 1.78. The second kappa shape index (κ2) is 13.8. The van der Waals surface area contributed by atoms with Crippen molar-refractivity contribution in [2.45, 2.75) is 83.0 Å². The molecule has 2 N–H and O–H groups in total. The van der Waals surface area contributed by atoms with Crippen LogP contribution in [-0.2, 0) is 22.6 Å². The molecule has 0 unspecified atom stereocenters. The summed E-state index contributed by atoms with van der Waals surface area (Å²) in [5, 5.41) is 6.16. The largest absolute Gasteiger partial charge is 0.468 e. The predicted molar refractivity (Wildman–Crippen MR) is 146 cm³/mol. The Kier molecular flexibility index (Phi) is 10.2. The number of carbonyl (C=O) groups excluding carboxylic acids is 2. The van der Waals surface area contributed by atoms with E-state index in [9.17, 15) is 9.59 Å². The van der Waals surface area contributed by atoms with E-state index in [1.165, 1.54) is 12.0 Å². The third kappa shape index (κ3) is 7.68. The zero-order valence-corrected chi connectivity index (χ0v) is 22.5. The quantitative estimate of drug-likeness (QED) is 0.453. The molecular weight excluding hydrogens is 464 g/mol. The number of nitrogens with one attached hydrogen (secondary N) is 2. The fraction of sp³-hybridized carbons (Fsp3) is 0.600. The molecule has 2 aromatic rings. The van der Waals surface area contributed by atoms with Gasteiger partial charge in [-0.15, -0.1) is 0 Å². The lowest BCUT2D eigenvalue weighted by atomic mass is 9.83. The molecular formula is C30H44N4O3. The van der Waals surface area contributed by atoms with Crippen molar-refractivity contribution in [3.63, 3.8) is 0 Å². The Hall–Kier alpha value is -2.64. The summed E-state index contributed by atoms with van der Waals surface area (Å²) in [4.78, 5) is 31.4. The average Bonchev–Trinajstić information content (AvgIpc) is 3.63. The van der Waals surface area contributed by atoms with E-state index in [4.69, 9.17) is 4.42 Å². The summed E-state index contributed by atoms with van der Waals surface area (Å²) < 4.78 is 5.67. The van der Waals surface area contributed by atoms with Gasteiger partial charge in [0, 0.05) is 25.7 Å². The van der Waals surface area contributed by atoms with Crippen molar-refractivity contribution in [1.29, 1.82) is 0 Å². The first-order chi connectivity index (χ1) is 18.0. The van der Waals surface area contributed by atoms with Gasteiger partial charge in [-0.1, -0.05) is 49.6 Å². The molecule has 0 spiro atoms. The van der Waals surface area contributed by atoms with E-state index in [0.717, 1.165) is 76.9 Å². The molecule has 7 heteroatoms. The highest BCUT2D eigenvalue weighted by atomic mass is 16.3. The van der Waals surface area contributed by atoms with Gasteiger partial charge in [0.1, 0.15) is 11.8 Å². The number of likely N-dealkylation sites (tertiary alicyclic amines) is 1. The summed E-state index contributed by atoms with van der Waals surface area (Å²) in [5.41, 5.74) is 1.31. The van der Waals surface area contributed by atoms with Crippen molar-refractivity contribution in [2.75, 3.05) is 26.7 Å². The van der Waals surface area contributed by atoms with E-state index >= 15 is 0 Å². The molecule has 4 rings (SSSR count). The van der Waals surface area contributed by atoms with Crippen LogP contribution >= 0.6 is 0 Å². The maximum Gasteiger partial charge on any atom is 0.245 e. The Morgan fingerprint density at radius 3 is 2.54 bits per heavy atom. The molecule has 2 aliphatic rings. The Morgan fingerprint density at radius 2 is 1.84 bits per heavy atom. The lowest BCUT2D eigenvalue weighted by molar-refractivity contribution is -0.139. The third-order valence-corrected chi connectivity index (χ3v) is 8.16. The van der Waals surface area contributed by atoms with Crippen LogP contribution in [0.2, 0.25) is 0 Å². The van der Waals surface area contributed by atoms with Gasteiger partial charge in [-0.25, -0.2) is 0 Å². The van der Waals surface area contributed by atoms with Gasteiger partial charge in [-0.3, -0.25) is 14.5 Å². The Balaban J connectivity index is 1.46. The van der Waals surface area contributed by atoms with Gasteiger partial charge in [0.05, 0.1) is 18.8 Å². The van der Waals surface area contributed by atoms with Crippen LogP contribution in [0.15, 0.2) is 53.1 Å². The van der Waals surface area contributed by atoms with Crippen LogP contribution in [0.1, 0.15) is 63.2 Å². The number of furan rings is 1. The molecule has 3 atom stereocenters. The first-order valence-corrected chi connectivity index (χ1v) is 14.1. The minimum atomic E-state index is -0.438. The summed E-state index contributed by atoms with van der Waals surface area (Å²) in [5.74, 6) is 1.17. The molecule has 202 valence electrons. The molecule has 2 amide bonds. The van der Waals surface area contributed by atoms with Crippen LogP contribution in [0.4, 0.5) is 0 Å². The first-order valence-electron chi connectivity index (χ1n) is 14.1. The number of rotatable bonds is 12. The van der Waals surface area contributed by atoms with Gasteiger partial charge in [0.15, 0.2) is 0 Å². The van der Waals surface area contributed by atoms with E-state index < -0.39 is 6.04 Å². The number of benzene rings is 1. The van der Waals surface area contributed by atoms with Gasteiger partial charge in [0.25, 0.3) is 0 Å². The van der Waals surface area contributed by atoms with Gasteiger partial charge < -0.3 is 20.0 Å². The Labute approximate surface area is 222 Å². The summed E-state index contributed by atoms with van der Waals surface area (Å²) in [6, 6.07) is 13.9. The monoisotopic (exact) mass is 508 g/mol. The fourth-order valence-corrected chi connectivity index (χ4v) is 5.84. The zero-order chi connectivity index (χ0) is 26.0. The van der Waals surface area contributed by atoms with E-state index in [-0.39, 0.29) is 29.8 Å². The smallest absolute Gasteiger partial charge is 0.245 e. The number of nitrogens with zero attached hydrogens (tertiary/aromatic N) is 2. The van der Waals surface area contributed by atoms with Crippen molar-refractivity contribution < 1.29 is 14.0 Å². The van der Waals surface area contributed by atoms with Gasteiger partial charge in [0.2, 0.25) is 11.8 Å². The van der Waals surface area contributed by atoms with Crippen molar-refractivity contribution >= 4 is 11.8 Å². The molecule has 2 heterocycles. The molecule has 7 nitrogen and oxygen atoms in total. The van der Waals surface area contributed by atoms with Crippen LogP contribution in [0.25, 0.3) is 0 Å². The number of likely N-dealkylation sites (N-methyl/N-ethyl adjacent to an activating group) is 1. The van der Waals surface area contributed by atoms with Gasteiger partial charge in [-0.2, -0.15) is 0 Å². The van der Waals surface area contributed by atoms with Crippen molar-refractivity contribution in [1.82, 2.24) is 20.4 Å². The molecule has 2 fully saturated rings. The molecule has 1 aliphatic carbocycles. The number of hydrogen-bond acceptors (Lipinski definition) is 5. The highest BCUT2D eigenvalue weighted by molar-refractivity contribution is 5.90. The van der Waals surface area contributed by atoms with E-state index in [2.05, 4.69) is 44.7 Å². The number of hydrogen-bond donors (Lipinski definition) is 2. The Morgan fingerprint density at radius 1 is 1.05 bits per heavy atom. The van der Waals surface area contributed by atoms with Crippen molar-refractivity contribution in [2.24, 2.45) is 5.92 Å². The second-order valence-electron chi connectivity index (χ2n) is 10.8. The molecule has 1 saturated carbocycles. The van der Waals surface area contributed by atoms with Gasteiger partial charge in [-0.05, 0) is 69.7 Å². The lowest BCUT2D eigenvalue weighted by Crippen LogP contribution is -2.57. The fourth-order valence-electron chi connectivity index (χ4n) is 5.84. The van der Waals surface area contributed by atoms with Crippen LogP contribution in [0, 0.1) is 5.92 Å². The zero-order valence-electron chi connectivity index (χ0n) is 22.5. The molecule has 1 aromatic heterocycles. The number of amides is 2. The molecule has 1 saturated heterocycles. The topological polar surface area (TPSA) is 77.8 Å². The molecule has 0 radical (unpaired) electrons. The summed E-state index contributed by atoms with van der Waals surface area (Å²) >= 11 is 0. The SMILES string of the molecule is CN[C@@H](C)C(=O)N[C@H](C(=O)N1CCC[C@H]1CN(CCc1ccccc1)Cc1ccco1)C1CCCCC1. The van der Waals surface area contributed by atoms with Crippen LogP contribution < -0.4 is 10.6 Å². The van der Waals surface area contributed by atoms with Crippen LogP contribution in [-0.4, -0.2) is 66.4 Å². The average molecular weight is 509 g/mol. The molecule has 1 aromatic carbocycles. The van der Waals surface area contributed by atoms with E-state index in [0.29, 0.717) is 0 Å². The van der Waals surface area contributed by atoms with E-state index in [1.54, 1.807) is 13.3 Å². The minimum Gasteiger partial charge on any atom is -0.468 e. The van der Waals surface area contributed by atoms with E-state index in [1.807, 2.05) is 25.1 Å². The normalized spacial score (nSPS) is 20.2. The molecule has 1 aliphatic heterocycles. The maximum atomic E-state index is 14.0. The highest BCUT2D eigenvalue weighted by Gasteiger charge is 2.39. The number of carbonyl (C=O) groups is 2. The third-order valence-electron chi connectivity index (χ3n) is 8.16. The Bertz CT molecular complexity index is 958. The predicted octanol–water partition coefficient (Wildman–Crippen LogP) is 3.99. The second-order valence-corrected chi connectivity index (χ2v) is 10.8. The lowest BCUT2D eigenvalue weighted by Gasteiger charge is -2.36. The highest BCUT2D eigenvalue weighted by Crippen LogP contribution is 2.29.